The van der Waals surface area contributed by atoms with E-state index in [1.807, 2.05) is 18.2 Å². The van der Waals surface area contributed by atoms with Crippen molar-refractivity contribution in [2.24, 2.45) is 0 Å². The van der Waals surface area contributed by atoms with Gasteiger partial charge in [-0.1, -0.05) is 0 Å². The van der Waals surface area contributed by atoms with Crippen LogP contribution in [0.5, 0.6) is 0 Å². The van der Waals surface area contributed by atoms with E-state index in [9.17, 15) is 4.55 Å². The van der Waals surface area contributed by atoms with Gasteiger partial charge in [0.25, 0.3) is 0 Å². The van der Waals surface area contributed by atoms with Crippen LogP contribution in [0.1, 0.15) is 5.69 Å². The highest BCUT2D eigenvalue weighted by molar-refractivity contribution is 7.90. The van der Waals surface area contributed by atoms with E-state index < -0.39 is 11.2 Å². The van der Waals surface area contributed by atoms with Gasteiger partial charge in [0.2, 0.25) is 0 Å². The van der Waals surface area contributed by atoms with Gasteiger partial charge in [0, 0.05) is 6.07 Å². The monoisotopic (exact) mass is 231 g/mol. The van der Waals surface area contributed by atoms with Gasteiger partial charge in [-0.25, -0.2) is 0 Å². The molecule has 0 saturated carbocycles. The molecule has 5 heteroatoms. The molecule has 1 N–H and O–H groups in total. The molecule has 0 amide bonds. The number of nitrogens with zero attached hydrogens (tertiary/aromatic N) is 2. The topological polar surface area (TPSA) is 75.5 Å². The van der Waals surface area contributed by atoms with E-state index in [1.165, 1.54) is 0 Å². The van der Waals surface area contributed by atoms with Gasteiger partial charge < -0.3 is 4.55 Å². The minimum atomic E-state index is -0.968. The summed E-state index contributed by atoms with van der Waals surface area (Å²) in [6.45, 7) is 0. The van der Waals surface area contributed by atoms with E-state index in [2.05, 4.69) is 10.2 Å². The minimum Gasteiger partial charge on any atom is -0.612 e. The highest BCUT2D eigenvalue weighted by atomic mass is 32.2. The van der Waals surface area contributed by atoms with E-state index >= 15 is 0 Å². The molecule has 1 aromatic carbocycles. The minimum absolute atomic E-state index is 0.359. The van der Waals surface area contributed by atoms with Gasteiger partial charge in [0.15, 0.2) is 10.6 Å². The molecule has 1 heterocycles. The molecule has 0 radical (unpaired) electrons. The molecule has 0 aliphatic rings. The third-order valence-electron chi connectivity index (χ3n) is 2.19. The maximum atomic E-state index is 11.2. The van der Waals surface area contributed by atoms with Gasteiger partial charge in [-0.2, -0.15) is 10.4 Å². The Morgan fingerprint density at radius 3 is 2.56 bits per heavy atom. The summed E-state index contributed by atoms with van der Waals surface area (Å²) in [5.74, 6) is 0. The zero-order chi connectivity index (χ0) is 11.5. The fourth-order valence-corrected chi connectivity index (χ4v) is 1.87. The Hall–Kier alpha value is -1.77. The van der Waals surface area contributed by atoms with E-state index in [0.717, 1.165) is 16.2 Å². The van der Waals surface area contributed by atoms with Crippen LogP contribution in [0.3, 0.4) is 0 Å². The summed E-state index contributed by atoms with van der Waals surface area (Å²) in [5, 5.41) is 15.2. The molecule has 0 bridgehead atoms. The predicted octanol–water partition coefficient (Wildman–Crippen LogP) is 1.69. The van der Waals surface area contributed by atoms with Gasteiger partial charge in [0.1, 0.15) is 12.3 Å². The van der Waals surface area contributed by atoms with E-state index in [-0.39, 0.29) is 0 Å². The second kappa shape index (κ2) is 4.39. The van der Waals surface area contributed by atoms with Crippen molar-refractivity contribution in [3.8, 4) is 17.3 Å². The van der Waals surface area contributed by atoms with Crippen molar-refractivity contribution in [1.82, 2.24) is 10.2 Å². The van der Waals surface area contributed by atoms with Gasteiger partial charge in [-0.15, -0.1) is 0 Å². The zero-order valence-corrected chi connectivity index (χ0v) is 9.41. The summed E-state index contributed by atoms with van der Waals surface area (Å²) in [6.07, 6.45) is 1.64. The van der Waals surface area contributed by atoms with Gasteiger partial charge in [-0.05, 0) is 41.0 Å². The smallest absolute Gasteiger partial charge is 0.162 e. The van der Waals surface area contributed by atoms with Crippen LogP contribution in [0.2, 0.25) is 0 Å². The Bertz CT molecular complexity index is 525. The highest BCUT2D eigenvalue weighted by Gasteiger charge is 2.06. The molecule has 80 valence electrons. The predicted molar refractivity (Wildman–Crippen MR) is 61.1 cm³/mol. The molecule has 4 nitrogen and oxygen atoms in total. The van der Waals surface area contributed by atoms with Crippen LogP contribution >= 0.6 is 0 Å². The summed E-state index contributed by atoms with van der Waals surface area (Å²) < 4.78 is 11.2. The number of H-pyrrole nitrogens is 1. The van der Waals surface area contributed by atoms with Crippen molar-refractivity contribution >= 4 is 11.2 Å². The lowest BCUT2D eigenvalue weighted by Gasteiger charge is -2.04. The number of aromatic amines is 1. The molecule has 1 unspecified atom stereocenters. The van der Waals surface area contributed by atoms with Gasteiger partial charge >= 0.3 is 0 Å². The van der Waals surface area contributed by atoms with Crippen LogP contribution < -0.4 is 0 Å². The quantitative estimate of drug-likeness (QED) is 0.799. The average Bonchev–Trinajstić information content (AvgIpc) is 2.77. The Labute approximate surface area is 96.1 Å². The molecule has 0 spiro atoms. The largest absolute Gasteiger partial charge is 0.612 e. The molecule has 2 aromatic rings. The number of rotatable bonds is 2. The van der Waals surface area contributed by atoms with E-state index in [0.29, 0.717) is 5.69 Å². The molecule has 0 saturated heterocycles. The maximum Gasteiger partial charge on any atom is 0.162 e. The lowest BCUT2D eigenvalue weighted by atomic mass is 10.1. The first-order valence-corrected chi connectivity index (χ1v) is 6.16. The van der Waals surface area contributed by atoms with E-state index in [4.69, 9.17) is 5.26 Å². The van der Waals surface area contributed by atoms with Crippen LogP contribution in [-0.2, 0) is 11.2 Å². The van der Waals surface area contributed by atoms with Crippen molar-refractivity contribution in [3.05, 3.63) is 36.0 Å². The SMILES string of the molecule is C[S+]([O-])c1ccc(-c2cc(C#N)n[nH]2)cc1. The average molecular weight is 231 g/mol. The van der Waals surface area contributed by atoms with E-state index in [1.54, 1.807) is 24.5 Å². The standard InChI is InChI=1S/C11H9N3OS/c1-16(15)10-4-2-8(3-5-10)11-6-9(7-12)13-14-11/h2-6H,1H3,(H,13,14). The molecule has 2 rings (SSSR count). The summed E-state index contributed by atoms with van der Waals surface area (Å²) in [5.41, 5.74) is 2.06. The van der Waals surface area contributed by atoms with Crippen LogP contribution in [0.25, 0.3) is 11.3 Å². The van der Waals surface area contributed by atoms with Gasteiger partial charge in [-0.3, -0.25) is 5.10 Å². The van der Waals surface area contributed by atoms with Crippen molar-refractivity contribution in [2.75, 3.05) is 6.26 Å². The first kappa shape index (κ1) is 10.7. The molecule has 0 fully saturated rings. The number of aromatic nitrogens is 2. The zero-order valence-electron chi connectivity index (χ0n) is 8.60. The normalized spacial score (nSPS) is 12.1. The summed E-state index contributed by atoms with van der Waals surface area (Å²) in [7, 11) is 0. The van der Waals surface area contributed by atoms with Crippen molar-refractivity contribution in [2.45, 2.75) is 4.90 Å². The number of hydrogen-bond donors (Lipinski definition) is 1. The number of hydrogen-bond acceptors (Lipinski definition) is 3. The summed E-state index contributed by atoms with van der Waals surface area (Å²) >= 11 is -0.968. The molecular weight excluding hydrogens is 222 g/mol. The fourth-order valence-electron chi connectivity index (χ4n) is 1.35. The lowest BCUT2D eigenvalue weighted by Crippen LogP contribution is -1.96. The molecule has 16 heavy (non-hydrogen) atoms. The Kier molecular flexibility index (Phi) is 2.95. The van der Waals surface area contributed by atoms with Crippen LogP contribution in [0.4, 0.5) is 0 Å². The number of nitrogens with one attached hydrogen (secondary N) is 1. The first-order chi connectivity index (χ1) is 7.70. The third-order valence-corrected chi connectivity index (χ3v) is 3.13. The Morgan fingerprint density at radius 1 is 1.38 bits per heavy atom. The van der Waals surface area contributed by atoms with Crippen molar-refractivity contribution in [3.63, 3.8) is 0 Å². The van der Waals surface area contributed by atoms with Crippen molar-refractivity contribution in [1.29, 1.82) is 5.26 Å². The number of nitriles is 1. The van der Waals surface area contributed by atoms with Crippen LogP contribution in [0.15, 0.2) is 35.2 Å². The Balaban J connectivity index is 2.31. The maximum absolute atomic E-state index is 11.2. The summed E-state index contributed by atoms with van der Waals surface area (Å²) in [4.78, 5) is 0.781. The second-order valence-corrected chi connectivity index (χ2v) is 4.64. The third kappa shape index (κ3) is 2.08. The highest BCUT2D eigenvalue weighted by Crippen LogP contribution is 2.19. The molecule has 1 aromatic heterocycles. The Morgan fingerprint density at radius 2 is 2.06 bits per heavy atom. The molecule has 1 atom stereocenters. The van der Waals surface area contributed by atoms with Crippen LogP contribution in [-0.4, -0.2) is 21.0 Å². The molecular formula is C11H9N3OS. The molecule has 0 aliphatic heterocycles. The second-order valence-electron chi connectivity index (χ2n) is 3.26. The summed E-state index contributed by atoms with van der Waals surface area (Å²) in [6, 6.07) is 10.9. The molecule has 0 aliphatic carbocycles. The number of benzene rings is 1. The van der Waals surface area contributed by atoms with Gasteiger partial charge in [0.05, 0.1) is 5.69 Å². The fraction of sp³-hybridized carbons (Fsp3) is 0.0909. The van der Waals surface area contributed by atoms with Crippen molar-refractivity contribution < 1.29 is 4.55 Å². The first-order valence-electron chi connectivity index (χ1n) is 4.60. The lowest BCUT2D eigenvalue weighted by molar-refractivity contribution is 0.601. The van der Waals surface area contributed by atoms with Crippen LogP contribution in [0, 0.1) is 11.3 Å².